The van der Waals surface area contributed by atoms with Crippen LogP contribution in [0.5, 0.6) is 0 Å². The summed E-state index contributed by atoms with van der Waals surface area (Å²) >= 11 is 0.848. The molecule has 0 aliphatic carbocycles. The van der Waals surface area contributed by atoms with Crippen molar-refractivity contribution in [3.05, 3.63) is 87.4 Å². The first-order chi connectivity index (χ1) is 15.7. The van der Waals surface area contributed by atoms with Gasteiger partial charge in [-0.3, -0.25) is 14.5 Å². The molecule has 168 valence electrons. The minimum absolute atomic E-state index is 0.0301. The third-order valence-electron chi connectivity index (χ3n) is 5.11. The van der Waals surface area contributed by atoms with Crippen LogP contribution in [0.15, 0.2) is 54.1 Å². The molecule has 3 aromatic rings. The number of ketones is 1. The van der Waals surface area contributed by atoms with Gasteiger partial charge in [0.1, 0.15) is 22.3 Å². The summed E-state index contributed by atoms with van der Waals surface area (Å²) in [7, 11) is 1.20. The first-order valence-electron chi connectivity index (χ1n) is 9.61. The Hall–Kier alpha value is -3.92. The number of carbonyl (C=O) groups excluding carboxylic acids is 3. The Morgan fingerprint density at radius 1 is 1.06 bits per heavy atom. The smallest absolute Gasteiger partial charge is 0.350 e. The fourth-order valence-electron chi connectivity index (χ4n) is 3.52. The number of nitrogens with zero attached hydrogens (tertiary/aromatic N) is 2. The summed E-state index contributed by atoms with van der Waals surface area (Å²) in [5, 5.41) is 11.0. The fraction of sp³-hybridized carbons (Fsp3) is 0.130. The fourth-order valence-corrected chi connectivity index (χ4v) is 4.53. The molecule has 1 aliphatic heterocycles. The van der Waals surface area contributed by atoms with E-state index in [1.54, 1.807) is 6.92 Å². The first kappa shape index (κ1) is 22.3. The second-order valence-electron chi connectivity index (χ2n) is 7.13. The van der Waals surface area contributed by atoms with E-state index in [1.807, 2.05) is 0 Å². The van der Waals surface area contributed by atoms with Gasteiger partial charge in [0.05, 0.1) is 24.4 Å². The van der Waals surface area contributed by atoms with Gasteiger partial charge in [-0.05, 0) is 48.9 Å². The van der Waals surface area contributed by atoms with Gasteiger partial charge in [-0.1, -0.05) is 23.5 Å². The lowest BCUT2D eigenvalue weighted by Crippen LogP contribution is -2.29. The van der Waals surface area contributed by atoms with Crippen LogP contribution in [-0.2, 0) is 14.3 Å². The lowest BCUT2D eigenvalue weighted by Gasteiger charge is -2.23. The highest BCUT2D eigenvalue weighted by atomic mass is 32.1. The Bertz CT molecular complexity index is 1300. The van der Waals surface area contributed by atoms with E-state index in [4.69, 9.17) is 4.74 Å². The zero-order valence-electron chi connectivity index (χ0n) is 17.3. The number of hydrogen-bond acceptors (Lipinski definition) is 7. The molecule has 1 atom stereocenters. The van der Waals surface area contributed by atoms with Crippen molar-refractivity contribution in [3.63, 3.8) is 0 Å². The Morgan fingerprint density at radius 2 is 1.64 bits per heavy atom. The summed E-state index contributed by atoms with van der Waals surface area (Å²) in [5.74, 6) is -4.25. The molecule has 1 aliphatic rings. The van der Waals surface area contributed by atoms with Gasteiger partial charge in [0, 0.05) is 5.56 Å². The summed E-state index contributed by atoms with van der Waals surface area (Å²) in [4.78, 5) is 43.6. The van der Waals surface area contributed by atoms with Crippen molar-refractivity contribution in [2.75, 3.05) is 12.0 Å². The molecule has 2 aromatic carbocycles. The van der Waals surface area contributed by atoms with E-state index in [-0.39, 0.29) is 21.1 Å². The molecule has 4 rings (SSSR count). The van der Waals surface area contributed by atoms with Gasteiger partial charge < -0.3 is 9.84 Å². The molecule has 0 spiro atoms. The molecule has 33 heavy (non-hydrogen) atoms. The summed E-state index contributed by atoms with van der Waals surface area (Å²) in [6, 6.07) is 8.63. The number of methoxy groups -OCH3 is 1. The van der Waals surface area contributed by atoms with Crippen molar-refractivity contribution in [1.29, 1.82) is 0 Å². The Balaban J connectivity index is 1.93. The van der Waals surface area contributed by atoms with Crippen LogP contribution in [0.25, 0.3) is 5.76 Å². The summed E-state index contributed by atoms with van der Waals surface area (Å²) in [5.41, 5.74) is 0.463. The minimum atomic E-state index is -1.16. The molecule has 0 radical (unpaired) electrons. The first-order valence-corrected chi connectivity index (χ1v) is 10.4. The number of carbonyl (C=O) groups is 3. The lowest BCUT2D eigenvalue weighted by molar-refractivity contribution is -0.132. The maximum Gasteiger partial charge on any atom is 0.350 e. The van der Waals surface area contributed by atoms with E-state index in [9.17, 15) is 28.3 Å². The standard InChI is InChI=1S/C23H16F2N2O5S/c1-11-20(22(31)32-2)33-23(26-11)27-17(12-3-7-14(24)8-4-12)16(19(29)21(27)30)18(28)13-5-9-15(25)10-6-13/h3-10,17,28H,1-2H3/b18-16+/t17-/m0/s1. The van der Waals surface area contributed by atoms with E-state index in [0.717, 1.165) is 40.5 Å². The summed E-state index contributed by atoms with van der Waals surface area (Å²) in [6.45, 7) is 1.55. The van der Waals surface area contributed by atoms with Crippen LogP contribution in [0.3, 0.4) is 0 Å². The Morgan fingerprint density at radius 3 is 2.21 bits per heavy atom. The highest BCUT2D eigenvalue weighted by Crippen LogP contribution is 2.43. The monoisotopic (exact) mass is 470 g/mol. The molecule has 10 heteroatoms. The summed E-state index contributed by atoms with van der Waals surface area (Å²) < 4.78 is 31.7. The number of benzene rings is 2. The molecule has 1 aromatic heterocycles. The molecular weight excluding hydrogens is 454 g/mol. The van der Waals surface area contributed by atoms with Crippen LogP contribution in [0, 0.1) is 18.6 Å². The quantitative estimate of drug-likeness (QED) is 0.266. The number of amides is 1. The van der Waals surface area contributed by atoms with Gasteiger partial charge in [0.2, 0.25) is 0 Å². The number of aryl methyl sites for hydroxylation is 1. The third kappa shape index (κ3) is 3.89. The minimum Gasteiger partial charge on any atom is -0.507 e. The van der Waals surface area contributed by atoms with Crippen molar-refractivity contribution in [3.8, 4) is 0 Å². The molecule has 1 saturated heterocycles. The van der Waals surface area contributed by atoms with Gasteiger partial charge in [0.25, 0.3) is 5.78 Å². The highest BCUT2D eigenvalue weighted by Gasteiger charge is 2.48. The molecule has 0 saturated carbocycles. The van der Waals surface area contributed by atoms with Crippen molar-refractivity contribution < 1.29 is 33.0 Å². The lowest BCUT2D eigenvalue weighted by atomic mass is 9.95. The van der Waals surface area contributed by atoms with Gasteiger partial charge in [-0.2, -0.15) is 0 Å². The number of hydrogen-bond donors (Lipinski definition) is 1. The second-order valence-corrected chi connectivity index (χ2v) is 8.11. The zero-order chi connectivity index (χ0) is 23.9. The number of rotatable bonds is 4. The zero-order valence-corrected chi connectivity index (χ0v) is 18.2. The molecule has 0 unspecified atom stereocenters. The van der Waals surface area contributed by atoms with E-state index in [0.29, 0.717) is 11.3 Å². The predicted octanol–water partition coefficient (Wildman–Crippen LogP) is 4.14. The van der Waals surface area contributed by atoms with E-state index < -0.39 is 41.1 Å². The molecule has 2 heterocycles. The maximum atomic E-state index is 13.6. The number of halogens is 2. The molecule has 1 amide bonds. The van der Waals surface area contributed by atoms with E-state index in [2.05, 4.69) is 4.98 Å². The average Bonchev–Trinajstić information content (AvgIpc) is 3.31. The second kappa shape index (κ2) is 8.55. The van der Waals surface area contributed by atoms with Crippen LogP contribution < -0.4 is 4.90 Å². The topological polar surface area (TPSA) is 96.8 Å². The Labute approximate surface area is 190 Å². The van der Waals surface area contributed by atoms with E-state index >= 15 is 0 Å². The largest absolute Gasteiger partial charge is 0.507 e. The molecule has 1 fully saturated rings. The maximum absolute atomic E-state index is 13.6. The number of anilines is 1. The molecular formula is C23H16F2N2O5S. The summed E-state index contributed by atoms with van der Waals surface area (Å²) in [6.07, 6.45) is 0. The molecule has 0 bridgehead atoms. The van der Waals surface area contributed by atoms with Gasteiger partial charge in [-0.15, -0.1) is 0 Å². The number of esters is 1. The van der Waals surface area contributed by atoms with Crippen molar-refractivity contribution >= 4 is 39.9 Å². The third-order valence-corrected chi connectivity index (χ3v) is 6.25. The number of ether oxygens (including phenoxy) is 1. The number of Topliss-reactive ketones (excluding diaryl/α,β-unsaturated/α-hetero) is 1. The predicted molar refractivity (Wildman–Crippen MR) is 116 cm³/mol. The van der Waals surface area contributed by atoms with Gasteiger partial charge in [-0.25, -0.2) is 18.6 Å². The SMILES string of the molecule is COC(=O)c1sc(N2C(=O)C(=O)/C(=C(/O)c3ccc(F)cc3)[C@@H]2c2ccc(F)cc2)nc1C. The van der Waals surface area contributed by atoms with Crippen LogP contribution in [-0.4, -0.2) is 34.9 Å². The Kier molecular flexibility index (Phi) is 5.77. The number of thiazole rings is 1. The van der Waals surface area contributed by atoms with E-state index in [1.165, 1.54) is 31.4 Å². The number of aliphatic hydroxyl groups is 1. The van der Waals surface area contributed by atoms with Crippen molar-refractivity contribution in [2.45, 2.75) is 13.0 Å². The number of aliphatic hydroxyl groups excluding tert-OH is 1. The normalized spacial score (nSPS) is 17.5. The van der Waals surface area contributed by atoms with Crippen LogP contribution in [0.4, 0.5) is 13.9 Å². The van der Waals surface area contributed by atoms with Gasteiger partial charge in [0.15, 0.2) is 5.13 Å². The van der Waals surface area contributed by atoms with Crippen LogP contribution >= 0.6 is 11.3 Å². The average molecular weight is 470 g/mol. The highest BCUT2D eigenvalue weighted by molar-refractivity contribution is 7.17. The van der Waals surface area contributed by atoms with Gasteiger partial charge >= 0.3 is 11.9 Å². The van der Waals surface area contributed by atoms with Crippen LogP contribution in [0.2, 0.25) is 0 Å². The van der Waals surface area contributed by atoms with Crippen LogP contribution in [0.1, 0.15) is 32.5 Å². The van der Waals surface area contributed by atoms with Crippen molar-refractivity contribution in [1.82, 2.24) is 4.98 Å². The molecule has 7 nitrogen and oxygen atoms in total. The number of aromatic nitrogens is 1. The molecule has 1 N–H and O–H groups in total. The van der Waals surface area contributed by atoms with Crippen molar-refractivity contribution in [2.24, 2.45) is 0 Å².